The molecular weight excluding hydrogens is 299 g/mol. The molecule has 1 aromatic carbocycles. The van der Waals surface area contributed by atoms with Gasteiger partial charge in [0.25, 0.3) is 0 Å². The first-order valence-corrected chi connectivity index (χ1v) is 6.67. The van der Waals surface area contributed by atoms with Gasteiger partial charge >= 0.3 is 0 Å². The van der Waals surface area contributed by atoms with Crippen molar-refractivity contribution in [2.75, 3.05) is 0 Å². The van der Waals surface area contributed by atoms with Crippen LogP contribution in [0.4, 0.5) is 4.39 Å². The van der Waals surface area contributed by atoms with Crippen molar-refractivity contribution in [1.29, 1.82) is 0 Å². The third-order valence-electron chi connectivity index (χ3n) is 2.42. The van der Waals surface area contributed by atoms with E-state index in [0.717, 1.165) is 5.56 Å². The van der Waals surface area contributed by atoms with Gasteiger partial charge in [-0.3, -0.25) is 4.79 Å². The molecule has 3 nitrogen and oxygen atoms in total. The number of carbonyl (C=O) groups excluding carboxylic acids is 1. The summed E-state index contributed by atoms with van der Waals surface area (Å²) in [6, 6.07) is 4.65. The van der Waals surface area contributed by atoms with Crippen LogP contribution in [-0.4, -0.2) is 18.0 Å². The van der Waals surface area contributed by atoms with E-state index in [1.807, 2.05) is 13.8 Å². The molecule has 0 saturated heterocycles. The van der Waals surface area contributed by atoms with Gasteiger partial charge in [-0.15, -0.1) is 0 Å². The van der Waals surface area contributed by atoms with Crippen LogP contribution in [-0.2, 0) is 11.3 Å². The van der Waals surface area contributed by atoms with Crippen LogP contribution in [0.3, 0.4) is 0 Å². The molecule has 0 aliphatic carbocycles. The van der Waals surface area contributed by atoms with E-state index in [2.05, 4.69) is 26.6 Å². The summed E-state index contributed by atoms with van der Waals surface area (Å²) in [5.74, 6) is -0.324. The third-order valence-corrected chi connectivity index (χ3v) is 3.03. The molecule has 100 valence electrons. The Balaban J connectivity index is 2.49. The Morgan fingerprint density at radius 3 is 2.61 bits per heavy atom. The highest BCUT2D eigenvalue weighted by Crippen LogP contribution is 2.16. The van der Waals surface area contributed by atoms with E-state index >= 15 is 0 Å². The molecule has 1 unspecified atom stereocenters. The van der Waals surface area contributed by atoms with E-state index in [9.17, 15) is 9.18 Å². The van der Waals surface area contributed by atoms with Crippen molar-refractivity contribution < 1.29 is 9.18 Å². The Kier molecular flexibility index (Phi) is 5.75. The number of hydrogen-bond donors (Lipinski definition) is 2. The maximum absolute atomic E-state index is 13.0. The number of benzene rings is 1. The van der Waals surface area contributed by atoms with Crippen molar-refractivity contribution in [3.8, 4) is 0 Å². The monoisotopic (exact) mass is 316 g/mol. The average molecular weight is 317 g/mol. The standard InChI is InChI=1S/C13H18BrFN2O/c1-8(2)17-13(18)9(3)16-7-10-4-5-12(15)11(14)6-10/h4-6,8-9,16H,7H2,1-3H3,(H,17,18). The van der Waals surface area contributed by atoms with E-state index in [1.165, 1.54) is 6.07 Å². The molecule has 0 radical (unpaired) electrons. The minimum Gasteiger partial charge on any atom is -0.353 e. The molecular formula is C13H18BrFN2O. The van der Waals surface area contributed by atoms with Crippen molar-refractivity contribution in [3.63, 3.8) is 0 Å². The van der Waals surface area contributed by atoms with Gasteiger partial charge < -0.3 is 10.6 Å². The van der Waals surface area contributed by atoms with Crippen LogP contribution in [0, 0.1) is 5.82 Å². The lowest BCUT2D eigenvalue weighted by atomic mass is 10.2. The van der Waals surface area contributed by atoms with Gasteiger partial charge in [0.2, 0.25) is 5.91 Å². The number of halogens is 2. The van der Waals surface area contributed by atoms with E-state index in [0.29, 0.717) is 11.0 Å². The topological polar surface area (TPSA) is 41.1 Å². The lowest BCUT2D eigenvalue weighted by molar-refractivity contribution is -0.123. The lowest BCUT2D eigenvalue weighted by Gasteiger charge is -2.16. The summed E-state index contributed by atoms with van der Waals surface area (Å²) < 4.78 is 13.5. The first-order valence-electron chi connectivity index (χ1n) is 5.88. The minimum absolute atomic E-state index is 0.0359. The summed E-state index contributed by atoms with van der Waals surface area (Å²) in [4.78, 5) is 11.7. The molecule has 0 bridgehead atoms. The molecule has 1 atom stereocenters. The average Bonchev–Trinajstić information content (AvgIpc) is 2.29. The van der Waals surface area contributed by atoms with E-state index in [4.69, 9.17) is 0 Å². The van der Waals surface area contributed by atoms with Crippen molar-refractivity contribution >= 4 is 21.8 Å². The van der Waals surface area contributed by atoms with Crippen LogP contribution in [0.1, 0.15) is 26.3 Å². The molecule has 0 aliphatic rings. The van der Waals surface area contributed by atoms with Crippen LogP contribution in [0.25, 0.3) is 0 Å². The molecule has 18 heavy (non-hydrogen) atoms. The van der Waals surface area contributed by atoms with Crippen LogP contribution < -0.4 is 10.6 Å². The zero-order chi connectivity index (χ0) is 13.7. The number of hydrogen-bond acceptors (Lipinski definition) is 2. The smallest absolute Gasteiger partial charge is 0.237 e. The van der Waals surface area contributed by atoms with Gasteiger partial charge in [0, 0.05) is 12.6 Å². The summed E-state index contributed by atoms with van der Waals surface area (Å²) >= 11 is 3.13. The first-order chi connectivity index (χ1) is 8.40. The Morgan fingerprint density at radius 2 is 2.06 bits per heavy atom. The number of nitrogens with one attached hydrogen (secondary N) is 2. The number of carbonyl (C=O) groups is 1. The second-order valence-corrected chi connectivity index (χ2v) is 5.37. The summed E-state index contributed by atoms with van der Waals surface area (Å²) in [7, 11) is 0. The lowest BCUT2D eigenvalue weighted by Crippen LogP contribution is -2.44. The zero-order valence-corrected chi connectivity index (χ0v) is 12.3. The van der Waals surface area contributed by atoms with Gasteiger partial charge in [0.05, 0.1) is 10.5 Å². The Labute approximate surface area is 115 Å². The van der Waals surface area contributed by atoms with Gasteiger partial charge in [0.15, 0.2) is 0 Å². The third kappa shape index (κ3) is 4.74. The fourth-order valence-electron chi connectivity index (χ4n) is 1.42. The van der Waals surface area contributed by atoms with E-state index < -0.39 is 0 Å². The Hall–Kier alpha value is -0.940. The number of amides is 1. The van der Waals surface area contributed by atoms with Crippen molar-refractivity contribution in [1.82, 2.24) is 10.6 Å². The molecule has 1 amide bonds. The molecule has 0 fully saturated rings. The molecule has 0 saturated carbocycles. The summed E-state index contributed by atoms with van der Waals surface area (Å²) in [5, 5.41) is 5.92. The predicted octanol–water partition coefficient (Wildman–Crippen LogP) is 2.59. The quantitative estimate of drug-likeness (QED) is 0.876. The molecule has 0 spiro atoms. The highest BCUT2D eigenvalue weighted by atomic mass is 79.9. The molecule has 0 aliphatic heterocycles. The van der Waals surface area contributed by atoms with Crippen LogP contribution in [0.5, 0.6) is 0 Å². The second kappa shape index (κ2) is 6.85. The fourth-order valence-corrected chi connectivity index (χ4v) is 1.85. The van der Waals surface area contributed by atoms with Gasteiger partial charge in [0.1, 0.15) is 5.82 Å². The van der Waals surface area contributed by atoms with E-state index in [-0.39, 0.29) is 23.8 Å². The molecule has 2 N–H and O–H groups in total. The molecule has 1 rings (SSSR count). The van der Waals surface area contributed by atoms with Crippen molar-refractivity contribution in [3.05, 3.63) is 34.1 Å². The van der Waals surface area contributed by atoms with Gasteiger partial charge in [-0.25, -0.2) is 4.39 Å². The van der Waals surface area contributed by atoms with Crippen LogP contribution in [0.15, 0.2) is 22.7 Å². The highest BCUT2D eigenvalue weighted by Gasteiger charge is 2.12. The predicted molar refractivity (Wildman–Crippen MR) is 73.7 cm³/mol. The second-order valence-electron chi connectivity index (χ2n) is 4.51. The number of rotatable bonds is 5. The molecule has 5 heteroatoms. The van der Waals surface area contributed by atoms with Crippen LogP contribution >= 0.6 is 15.9 Å². The Bertz CT molecular complexity index is 423. The zero-order valence-electron chi connectivity index (χ0n) is 10.8. The molecule has 1 aromatic rings. The van der Waals surface area contributed by atoms with Crippen molar-refractivity contribution in [2.24, 2.45) is 0 Å². The summed E-state index contributed by atoms with van der Waals surface area (Å²) in [6.07, 6.45) is 0. The maximum atomic E-state index is 13.0. The van der Waals surface area contributed by atoms with Gasteiger partial charge in [-0.2, -0.15) is 0 Å². The van der Waals surface area contributed by atoms with E-state index in [1.54, 1.807) is 19.1 Å². The van der Waals surface area contributed by atoms with Gasteiger partial charge in [-0.1, -0.05) is 6.07 Å². The summed E-state index contributed by atoms with van der Waals surface area (Å²) in [6.45, 7) is 6.16. The largest absolute Gasteiger partial charge is 0.353 e. The SMILES string of the molecule is CC(C)NC(=O)C(C)NCc1ccc(F)c(Br)c1. The fraction of sp³-hybridized carbons (Fsp3) is 0.462. The van der Waals surface area contributed by atoms with Gasteiger partial charge in [-0.05, 0) is 54.4 Å². The molecule has 0 aromatic heterocycles. The minimum atomic E-state index is -0.288. The van der Waals surface area contributed by atoms with Crippen LogP contribution in [0.2, 0.25) is 0 Å². The van der Waals surface area contributed by atoms with Crippen molar-refractivity contribution in [2.45, 2.75) is 39.4 Å². The maximum Gasteiger partial charge on any atom is 0.237 e. The highest BCUT2D eigenvalue weighted by molar-refractivity contribution is 9.10. The first kappa shape index (κ1) is 15.1. The molecule has 0 heterocycles. The normalized spacial score (nSPS) is 12.6. The Morgan fingerprint density at radius 1 is 1.39 bits per heavy atom. The summed E-state index contributed by atoms with van der Waals surface area (Å²) in [5.41, 5.74) is 0.924.